The molecule has 1 aliphatic heterocycles. The van der Waals surface area contributed by atoms with Crippen LogP contribution in [0.5, 0.6) is 0 Å². The first-order chi connectivity index (χ1) is 16.1. The van der Waals surface area contributed by atoms with Gasteiger partial charge in [0.05, 0.1) is 12.7 Å². The fourth-order valence-electron chi connectivity index (χ4n) is 3.97. The second-order valence-corrected chi connectivity index (χ2v) is 7.81. The van der Waals surface area contributed by atoms with Crippen molar-refractivity contribution >= 4 is 11.9 Å². The topological polar surface area (TPSA) is 94.1 Å². The van der Waals surface area contributed by atoms with Gasteiger partial charge in [0.15, 0.2) is 5.76 Å². The number of carbonyl (C=O) groups excluding carboxylic acids is 2. The summed E-state index contributed by atoms with van der Waals surface area (Å²) < 4.78 is 16.6. The number of hydrogen-bond donors (Lipinski definition) is 2. The first-order valence-corrected chi connectivity index (χ1v) is 11.2. The van der Waals surface area contributed by atoms with Gasteiger partial charge in [-0.15, -0.1) is 0 Å². The zero-order valence-electron chi connectivity index (χ0n) is 19.0. The van der Waals surface area contributed by atoms with Crippen LogP contribution in [0.3, 0.4) is 0 Å². The summed E-state index contributed by atoms with van der Waals surface area (Å²) in [5, 5.41) is 12.3. The molecule has 0 spiro atoms. The van der Waals surface area contributed by atoms with E-state index in [1.165, 1.54) is 7.11 Å². The number of hydrogen-bond acceptors (Lipinski definition) is 6. The predicted molar refractivity (Wildman–Crippen MR) is 123 cm³/mol. The van der Waals surface area contributed by atoms with E-state index in [0.717, 1.165) is 11.1 Å². The Bertz CT molecular complexity index is 941. The molecule has 0 aliphatic carbocycles. The van der Waals surface area contributed by atoms with E-state index in [-0.39, 0.29) is 30.1 Å². The number of carbonyl (C=O) groups is 2. The molecule has 2 aromatic carbocycles. The molecule has 0 saturated heterocycles. The number of aliphatic hydroxyl groups is 1. The highest BCUT2D eigenvalue weighted by atomic mass is 16.7. The molecule has 3 rings (SSSR count). The molecule has 0 bridgehead atoms. The van der Waals surface area contributed by atoms with Crippen molar-refractivity contribution in [3.8, 4) is 0 Å². The van der Waals surface area contributed by atoms with Crippen LogP contribution in [0.15, 0.2) is 66.4 Å². The molecule has 2 N–H and O–H groups in total. The van der Waals surface area contributed by atoms with Crippen LogP contribution in [0.25, 0.3) is 0 Å². The maximum atomic E-state index is 12.9. The van der Waals surface area contributed by atoms with E-state index < -0.39 is 12.3 Å². The number of methoxy groups -OCH3 is 1. The SMILES string of the molecule is CCO[C@@H]1OC(C(=O)NCc2ccccc2)=C[C@H](c2ccc(C(=O)OC)cc2)[C@H]1CCCO. The van der Waals surface area contributed by atoms with Crippen molar-refractivity contribution in [2.45, 2.75) is 38.5 Å². The van der Waals surface area contributed by atoms with E-state index in [1.807, 2.05) is 55.5 Å². The van der Waals surface area contributed by atoms with Crippen molar-refractivity contribution in [3.05, 3.63) is 83.1 Å². The molecule has 0 unspecified atom stereocenters. The highest BCUT2D eigenvalue weighted by Crippen LogP contribution is 2.39. The molecule has 2 aromatic rings. The third kappa shape index (κ3) is 6.43. The summed E-state index contributed by atoms with van der Waals surface area (Å²) in [7, 11) is 1.34. The quantitative estimate of drug-likeness (QED) is 0.535. The molecule has 0 fully saturated rings. The Labute approximate surface area is 194 Å². The first-order valence-electron chi connectivity index (χ1n) is 11.2. The third-order valence-corrected chi connectivity index (χ3v) is 5.65. The van der Waals surface area contributed by atoms with Gasteiger partial charge in [-0.1, -0.05) is 42.5 Å². The van der Waals surface area contributed by atoms with Gasteiger partial charge in [0.25, 0.3) is 5.91 Å². The van der Waals surface area contributed by atoms with Crippen LogP contribution in [-0.2, 0) is 25.5 Å². The lowest BCUT2D eigenvalue weighted by Crippen LogP contribution is -2.39. The van der Waals surface area contributed by atoms with E-state index in [2.05, 4.69) is 5.32 Å². The molecule has 33 heavy (non-hydrogen) atoms. The second-order valence-electron chi connectivity index (χ2n) is 7.81. The van der Waals surface area contributed by atoms with Crippen molar-refractivity contribution in [3.63, 3.8) is 0 Å². The zero-order chi connectivity index (χ0) is 23.6. The van der Waals surface area contributed by atoms with Crippen LogP contribution in [0.1, 0.15) is 47.2 Å². The second kappa shape index (κ2) is 12.2. The fourth-order valence-corrected chi connectivity index (χ4v) is 3.97. The van der Waals surface area contributed by atoms with Gasteiger partial charge in [0.2, 0.25) is 6.29 Å². The Morgan fingerprint density at radius 3 is 2.45 bits per heavy atom. The summed E-state index contributed by atoms with van der Waals surface area (Å²) in [5.74, 6) is -0.820. The Kier molecular flexibility index (Phi) is 9.04. The highest BCUT2D eigenvalue weighted by Gasteiger charge is 2.37. The zero-order valence-corrected chi connectivity index (χ0v) is 19.0. The summed E-state index contributed by atoms with van der Waals surface area (Å²) in [4.78, 5) is 24.8. The Morgan fingerprint density at radius 1 is 1.09 bits per heavy atom. The van der Waals surface area contributed by atoms with Gasteiger partial charge in [-0.2, -0.15) is 0 Å². The molecule has 1 heterocycles. The third-order valence-electron chi connectivity index (χ3n) is 5.65. The molecule has 0 radical (unpaired) electrons. The first kappa shape index (κ1) is 24.5. The molecule has 1 amide bonds. The smallest absolute Gasteiger partial charge is 0.337 e. The van der Waals surface area contributed by atoms with E-state index in [9.17, 15) is 14.7 Å². The maximum absolute atomic E-state index is 12.9. The summed E-state index contributed by atoms with van der Waals surface area (Å²) in [6.07, 6.45) is 2.41. The van der Waals surface area contributed by atoms with E-state index in [0.29, 0.717) is 31.6 Å². The van der Waals surface area contributed by atoms with Gasteiger partial charge in [0.1, 0.15) is 0 Å². The van der Waals surface area contributed by atoms with Crippen LogP contribution in [0, 0.1) is 5.92 Å². The minimum absolute atomic E-state index is 0.0531. The Morgan fingerprint density at radius 2 is 1.82 bits per heavy atom. The van der Waals surface area contributed by atoms with Crippen molar-refractivity contribution in [2.75, 3.05) is 20.3 Å². The average molecular weight is 454 g/mol. The highest BCUT2D eigenvalue weighted by molar-refractivity contribution is 5.92. The molecular formula is C26H31NO6. The molecule has 0 aromatic heterocycles. The number of ether oxygens (including phenoxy) is 3. The summed E-state index contributed by atoms with van der Waals surface area (Å²) in [5.41, 5.74) is 2.36. The summed E-state index contributed by atoms with van der Waals surface area (Å²) in [6.45, 7) is 2.73. The lowest BCUT2D eigenvalue weighted by atomic mass is 9.80. The van der Waals surface area contributed by atoms with E-state index >= 15 is 0 Å². The average Bonchev–Trinajstić information content (AvgIpc) is 2.86. The number of benzene rings is 2. The van der Waals surface area contributed by atoms with Crippen LogP contribution in [0.2, 0.25) is 0 Å². The van der Waals surface area contributed by atoms with Gasteiger partial charge in [0, 0.05) is 31.6 Å². The van der Waals surface area contributed by atoms with E-state index in [1.54, 1.807) is 12.1 Å². The van der Waals surface area contributed by atoms with E-state index in [4.69, 9.17) is 14.2 Å². The molecule has 0 saturated carbocycles. The fraction of sp³-hybridized carbons (Fsp3) is 0.385. The molecule has 1 aliphatic rings. The normalized spacial score (nSPS) is 19.8. The monoisotopic (exact) mass is 453 g/mol. The lowest BCUT2D eigenvalue weighted by molar-refractivity contribution is -0.166. The summed E-state index contributed by atoms with van der Waals surface area (Å²) in [6, 6.07) is 16.8. The Hall–Kier alpha value is -3.16. The predicted octanol–water partition coefficient (Wildman–Crippen LogP) is 3.54. The number of rotatable bonds is 10. The number of aliphatic hydroxyl groups excluding tert-OH is 1. The van der Waals surface area contributed by atoms with Gasteiger partial charge in [-0.3, -0.25) is 4.79 Å². The van der Waals surface area contributed by atoms with Crippen molar-refractivity contribution < 1.29 is 28.9 Å². The van der Waals surface area contributed by atoms with Crippen LogP contribution >= 0.6 is 0 Å². The number of esters is 1. The van der Waals surface area contributed by atoms with Crippen molar-refractivity contribution in [1.82, 2.24) is 5.32 Å². The minimum Gasteiger partial charge on any atom is -0.465 e. The summed E-state index contributed by atoms with van der Waals surface area (Å²) >= 11 is 0. The van der Waals surface area contributed by atoms with Crippen LogP contribution in [0.4, 0.5) is 0 Å². The number of allylic oxidation sites excluding steroid dienone is 1. The van der Waals surface area contributed by atoms with Gasteiger partial charge in [-0.05, 0) is 49.1 Å². The minimum atomic E-state index is -0.630. The standard InChI is InChI=1S/C26H31NO6/c1-3-32-26-21(10-7-15-28)22(19-11-13-20(14-12-19)25(30)31-2)16-23(33-26)24(29)27-17-18-8-5-4-6-9-18/h4-6,8-9,11-14,16,21-22,26,28H,3,7,10,15,17H2,1-2H3,(H,27,29)/t21-,22-,26-/m1/s1. The molecule has 7 heteroatoms. The molecule has 7 nitrogen and oxygen atoms in total. The largest absolute Gasteiger partial charge is 0.465 e. The molecule has 176 valence electrons. The molecule has 3 atom stereocenters. The van der Waals surface area contributed by atoms with Crippen molar-refractivity contribution in [1.29, 1.82) is 0 Å². The van der Waals surface area contributed by atoms with Crippen LogP contribution in [-0.4, -0.2) is 43.6 Å². The van der Waals surface area contributed by atoms with Crippen LogP contribution < -0.4 is 5.32 Å². The maximum Gasteiger partial charge on any atom is 0.337 e. The Balaban J connectivity index is 1.88. The number of nitrogens with one attached hydrogen (secondary N) is 1. The van der Waals surface area contributed by atoms with Gasteiger partial charge in [-0.25, -0.2) is 4.79 Å². The molecular weight excluding hydrogens is 422 g/mol. The van der Waals surface area contributed by atoms with Crippen molar-refractivity contribution in [2.24, 2.45) is 5.92 Å². The lowest BCUT2D eigenvalue weighted by Gasteiger charge is -2.37. The van der Waals surface area contributed by atoms with Gasteiger partial charge >= 0.3 is 5.97 Å². The van der Waals surface area contributed by atoms with Gasteiger partial charge < -0.3 is 24.6 Å². The number of amides is 1.